The molecule has 1 aliphatic heterocycles. The van der Waals surface area contributed by atoms with Gasteiger partial charge in [0.25, 0.3) is 5.91 Å². The van der Waals surface area contributed by atoms with Gasteiger partial charge < -0.3 is 10.2 Å². The van der Waals surface area contributed by atoms with Crippen LogP contribution in [0.15, 0.2) is 73.1 Å². The fraction of sp³-hybridized carbons (Fsp3) is 0.320. The lowest BCUT2D eigenvalue weighted by atomic mass is 10.2. The van der Waals surface area contributed by atoms with Crippen LogP contribution in [-0.2, 0) is 6.54 Å². The van der Waals surface area contributed by atoms with Gasteiger partial charge in [-0.3, -0.25) is 9.69 Å². The van der Waals surface area contributed by atoms with Gasteiger partial charge in [0.15, 0.2) is 5.82 Å². The molecule has 0 radical (unpaired) electrons. The summed E-state index contributed by atoms with van der Waals surface area (Å²) < 4.78 is 0. The zero-order valence-corrected chi connectivity index (χ0v) is 17.8. The number of benzene rings is 2. The highest BCUT2D eigenvalue weighted by Gasteiger charge is 2.16. The van der Waals surface area contributed by atoms with Crippen molar-refractivity contribution in [1.82, 2.24) is 25.1 Å². The fourth-order valence-electron chi connectivity index (χ4n) is 3.80. The number of rotatable bonds is 8. The minimum atomic E-state index is -0.118. The zero-order valence-electron chi connectivity index (χ0n) is 17.8. The van der Waals surface area contributed by atoms with E-state index in [4.69, 9.17) is 0 Å². The Morgan fingerprint density at radius 3 is 2.13 bits per heavy atom. The molecule has 1 amide bonds. The highest BCUT2D eigenvalue weighted by Crippen LogP contribution is 2.13. The molecule has 160 valence electrons. The Kier molecular flexibility index (Phi) is 7.37. The maximum Gasteiger partial charge on any atom is 0.254 e. The molecule has 0 aliphatic carbocycles. The first-order valence-corrected chi connectivity index (χ1v) is 10.9. The Bertz CT molecular complexity index is 939. The molecule has 3 aromatic rings. The summed E-state index contributed by atoms with van der Waals surface area (Å²) in [6, 6.07) is 20.4. The van der Waals surface area contributed by atoms with Crippen LogP contribution in [0.2, 0.25) is 0 Å². The number of piperazine rings is 1. The lowest BCUT2D eigenvalue weighted by Gasteiger charge is -2.34. The molecule has 4 rings (SSSR count). The molecule has 0 saturated carbocycles. The number of hydrogen-bond donors (Lipinski definition) is 1. The minimum Gasteiger partial charge on any atom is -0.352 e. The molecular formula is C25H29N5O. The van der Waals surface area contributed by atoms with Crippen LogP contribution in [0, 0.1) is 0 Å². The van der Waals surface area contributed by atoms with E-state index in [1.165, 1.54) is 5.56 Å². The van der Waals surface area contributed by atoms with Crippen molar-refractivity contribution in [3.63, 3.8) is 0 Å². The highest BCUT2D eigenvalue weighted by molar-refractivity contribution is 5.93. The van der Waals surface area contributed by atoms with Crippen LogP contribution in [-0.4, -0.2) is 64.9 Å². The summed E-state index contributed by atoms with van der Waals surface area (Å²) in [5.74, 6) is 0.510. The van der Waals surface area contributed by atoms with Crippen molar-refractivity contribution in [2.75, 3.05) is 39.3 Å². The van der Waals surface area contributed by atoms with Crippen molar-refractivity contribution >= 4 is 5.91 Å². The van der Waals surface area contributed by atoms with E-state index in [1.54, 1.807) is 12.4 Å². The van der Waals surface area contributed by atoms with Gasteiger partial charge in [-0.05, 0) is 18.5 Å². The van der Waals surface area contributed by atoms with Crippen molar-refractivity contribution < 1.29 is 4.79 Å². The number of nitrogens with zero attached hydrogens (tertiary/aromatic N) is 4. The van der Waals surface area contributed by atoms with E-state index in [-0.39, 0.29) is 5.91 Å². The second-order valence-corrected chi connectivity index (χ2v) is 7.87. The molecule has 1 N–H and O–H groups in total. The maximum absolute atomic E-state index is 12.3. The van der Waals surface area contributed by atoms with Crippen molar-refractivity contribution in [3.05, 3.63) is 84.2 Å². The van der Waals surface area contributed by atoms with Crippen molar-refractivity contribution in [3.8, 4) is 11.4 Å². The summed E-state index contributed by atoms with van der Waals surface area (Å²) in [5, 5.41) is 2.98. The molecule has 6 heteroatoms. The van der Waals surface area contributed by atoms with Crippen LogP contribution in [0.4, 0.5) is 0 Å². The van der Waals surface area contributed by atoms with Crippen LogP contribution >= 0.6 is 0 Å². The molecule has 1 saturated heterocycles. The van der Waals surface area contributed by atoms with E-state index in [2.05, 4.69) is 55.4 Å². The van der Waals surface area contributed by atoms with Crippen LogP contribution < -0.4 is 5.32 Å². The Hall–Kier alpha value is -3.09. The molecule has 6 nitrogen and oxygen atoms in total. The quantitative estimate of drug-likeness (QED) is 0.573. The summed E-state index contributed by atoms with van der Waals surface area (Å²) in [5.41, 5.74) is 2.81. The van der Waals surface area contributed by atoms with Crippen LogP contribution in [0.5, 0.6) is 0 Å². The van der Waals surface area contributed by atoms with Crippen LogP contribution in [0.3, 0.4) is 0 Å². The van der Waals surface area contributed by atoms with E-state index in [0.717, 1.165) is 51.3 Å². The number of carbonyl (C=O) groups is 1. The van der Waals surface area contributed by atoms with Gasteiger partial charge in [-0.15, -0.1) is 0 Å². The second kappa shape index (κ2) is 10.8. The summed E-state index contributed by atoms with van der Waals surface area (Å²) in [7, 11) is 0. The smallest absolute Gasteiger partial charge is 0.254 e. The lowest BCUT2D eigenvalue weighted by molar-refractivity contribution is 0.0946. The first-order valence-electron chi connectivity index (χ1n) is 10.9. The largest absolute Gasteiger partial charge is 0.352 e. The van der Waals surface area contributed by atoms with Gasteiger partial charge in [-0.2, -0.15) is 0 Å². The maximum atomic E-state index is 12.3. The number of hydrogen-bond acceptors (Lipinski definition) is 5. The summed E-state index contributed by atoms with van der Waals surface area (Å²) >= 11 is 0. The average molecular weight is 416 g/mol. The van der Waals surface area contributed by atoms with Gasteiger partial charge in [-0.1, -0.05) is 60.7 Å². The molecule has 1 fully saturated rings. The molecule has 0 unspecified atom stereocenters. The fourth-order valence-corrected chi connectivity index (χ4v) is 3.80. The van der Waals surface area contributed by atoms with Crippen LogP contribution in [0.25, 0.3) is 11.4 Å². The number of carbonyl (C=O) groups excluding carboxylic acids is 1. The van der Waals surface area contributed by atoms with Gasteiger partial charge >= 0.3 is 0 Å². The number of aromatic nitrogens is 2. The monoisotopic (exact) mass is 415 g/mol. The number of amides is 1. The Morgan fingerprint density at radius 2 is 1.45 bits per heavy atom. The lowest BCUT2D eigenvalue weighted by Crippen LogP contribution is -2.46. The summed E-state index contributed by atoms with van der Waals surface area (Å²) in [4.78, 5) is 26.0. The Labute approximate surface area is 183 Å². The van der Waals surface area contributed by atoms with Crippen molar-refractivity contribution in [2.45, 2.75) is 13.0 Å². The molecule has 0 bridgehead atoms. The predicted octanol–water partition coefficient (Wildman–Crippen LogP) is 3.08. The molecule has 1 aromatic heterocycles. The van der Waals surface area contributed by atoms with E-state index in [1.807, 2.05) is 30.3 Å². The highest BCUT2D eigenvalue weighted by atomic mass is 16.1. The van der Waals surface area contributed by atoms with Crippen LogP contribution in [0.1, 0.15) is 22.3 Å². The zero-order chi connectivity index (χ0) is 21.3. The Balaban J connectivity index is 1.14. The van der Waals surface area contributed by atoms with Gasteiger partial charge in [0.05, 0.1) is 5.56 Å². The number of nitrogens with one attached hydrogen (secondary N) is 1. The molecule has 1 aliphatic rings. The third-order valence-electron chi connectivity index (χ3n) is 5.60. The SMILES string of the molecule is O=C(NCCCN1CCN(Cc2ccccc2)CC1)c1cnc(-c2ccccc2)nc1. The molecule has 31 heavy (non-hydrogen) atoms. The molecule has 0 spiro atoms. The second-order valence-electron chi connectivity index (χ2n) is 7.87. The molecular weight excluding hydrogens is 386 g/mol. The third kappa shape index (κ3) is 6.20. The third-order valence-corrected chi connectivity index (χ3v) is 5.60. The molecule has 2 heterocycles. The van der Waals surface area contributed by atoms with Gasteiger partial charge in [0, 0.05) is 57.2 Å². The van der Waals surface area contributed by atoms with E-state index in [0.29, 0.717) is 17.9 Å². The normalized spacial score (nSPS) is 15.0. The molecule has 2 aromatic carbocycles. The average Bonchev–Trinajstić information content (AvgIpc) is 2.84. The van der Waals surface area contributed by atoms with E-state index in [9.17, 15) is 4.79 Å². The van der Waals surface area contributed by atoms with E-state index < -0.39 is 0 Å². The summed E-state index contributed by atoms with van der Waals surface area (Å²) in [6.45, 7) is 7.02. The van der Waals surface area contributed by atoms with Gasteiger partial charge in [-0.25, -0.2) is 9.97 Å². The van der Waals surface area contributed by atoms with Crippen molar-refractivity contribution in [1.29, 1.82) is 0 Å². The predicted molar refractivity (Wildman–Crippen MR) is 123 cm³/mol. The van der Waals surface area contributed by atoms with E-state index >= 15 is 0 Å². The summed E-state index contributed by atoms with van der Waals surface area (Å²) in [6.07, 6.45) is 4.13. The van der Waals surface area contributed by atoms with Gasteiger partial charge in [0.2, 0.25) is 0 Å². The molecule has 0 atom stereocenters. The van der Waals surface area contributed by atoms with Gasteiger partial charge in [0.1, 0.15) is 0 Å². The topological polar surface area (TPSA) is 61.4 Å². The Morgan fingerprint density at radius 1 is 0.839 bits per heavy atom. The minimum absolute atomic E-state index is 0.118. The first kappa shape index (κ1) is 21.2. The standard InChI is InChI=1S/C25H29N5O/c31-25(23-18-27-24(28-19-23)22-10-5-2-6-11-22)26-12-7-13-29-14-16-30(17-15-29)20-21-8-3-1-4-9-21/h1-6,8-11,18-19H,7,12-17,20H2,(H,26,31). The first-order chi connectivity index (χ1) is 15.3. The van der Waals surface area contributed by atoms with Crippen molar-refractivity contribution in [2.24, 2.45) is 0 Å².